The average Bonchev–Trinajstić information content (AvgIpc) is 2.55. The quantitative estimate of drug-likeness (QED) is 0.553. The molecule has 1 aromatic heterocycles. The van der Waals surface area contributed by atoms with Gasteiger partial charge in [-0.2, -0.15) is 0 Å². The van der Waals surface area contributed by atoms with Crippen molar-refractivity contribution < 1.29 is 13.6 Å². The molecule has 0 aliphatic carbocycles. The second-order valence-corrected chi connectivity index (χ2v) is 5.33. The number of amides is 1. The lowest BCUT2D eigenvalue weighted by Crippen LogP contribution is -2.34. The third-order valence-electron chi connectivity index (χ3n) is 3.21. The second kappa shape index (κ2) is 6.59. The molecule has 0 radical (unpaired) electrons. The number of hydrogen-bond acceptors (Lipinski definition) is 4. The standard InChI is InChI=1S/C17H11FN2O3S/c18-12-4-1-10(2-5-12)16(22)20-17(24)19-13-6-7-14-11(9-13)3-8-15(21)23-14/h1-9H,(H2,19,20,22,24). The molecule has 3 aromatic rings. The molecule has 0 aliphatic heterocycles. The van der Waals surface area contributed by atoms with Crippen molar-refractivity contribution in [3.05, 3.63) is 76.4 Å². The third kappa shape index (κ3) is 3.64. The van der Waals surface area contributed by atoms with Gasteiger partial charge in [0.25, 0.3) is 5.91 Å². The number of nitrogens with one attached hydrogen (secondary N) is 2. The van der Waals surface area contributed by atoms with E-state index in [2.05, 4.69) is 10.6 Å². The number of benzene rings is 2. The fourth-order valence-corrected chi connectivity index (χ4v) is 2.30. The highest BCUT2D eigenvalue weighted by Gasteiger charge is 2.08. The molecule has 2 N–H and O–H groups in total. The van der Waals surface area contributed by atoms with Gasteiger partial charge >= 0.3 is 5.63 Å². The average molecular weight is 342 g/mol. The number of rotatable bonds is 2. The fourth-order valence-electron chi connectivity index (χ4n) is 2.09. The van der Waals surface area contributed by atoms with E-state index >= 15 is 0 Å². The lowest BCUT2D eigenvalue weighted by molar-refractivity contribution is 0.0977. The van der Waals surface area contributed by atoms with Crippen molar-refractivity contribution in [1.29, 1.82) is 0 Å². The number of carbonyl (C=O) groups excluding carboxylic acids is 1. The molecule has 0 saturated carbocycles. The van der Waals surface area contributed by atoms with E-state index in [4.69, 9.17) is 16.6 Å². The molecule has 2 aromatic carbocycles. The van der Waals surface area contributed by atoms with Gasteiger partial charge in [-0.1, -0.05) is 0 Å². The van der Waals surface area contributed by atoms with Gasteiger partial charge < -0.3 is 9.73 Å². The predicted molar refractivity (Wildman–Crippen MR) is 92.6 cm³/mol. The van der Waals surface area contributed by atoms with Gasteiger partial charge in [-0.25, -0.2) is 9.18 Å². The summed E-state index contributed by atoms with van der Waals surface area (Å²) >= 11 is 5.09. The zero-order chi connectivity index (χ0) is 17.1. The summed E-state index contributed by atoms with van der Waals surface area (Å²) in [7, 11) is 0. The molecule has 0 spiro atoms. The Balaban J connectivity index is 1.70. The molecule has 0 atom stereocenters. The first-order valence-corrected chi connectivity index (χ1v) is 7.34. The van der Waals surface area contributed by atoms with E-state index < -0.39 is 17.3 Å². The molecule has 1 heterocycles. The van der Waals surface area contributed by atoms with Gasteiger partial charge in [0.2, 0.25) is 0 Å². The largest absolute Gasteiger partial charge is 0.423 e. The van der Waals surface area contributed by atoms with Crippen LogP contribution in [0, 0.1) is 5.82 Å². The van der Waals surface area contributed by atoms with Crippen molar-refractivity contribution in [2.24, 2.45) is 0 Å². The summed E-state index contributed by atoms with van der Waals surface area (Å²) in [5.74, 6) is -0.866. The highest BCUT2D eigenvalue weighted by atomic mass is 32.1. The molecular weight excluding hydrogens is 331 g/mol. The number of anilines is 1. The van der Waals surface area contributed by atoms with Crippen LogP contribution in [0.1, 0.15) is 10.4 Å². The summed E-state index contributed by atoms with van der Waals surface area (Å²) in [6, 6.07) is 13.1. The molecular formula is C17H11FN2O3S. The number of hydrogen-bond donors (Lipinski definition) is 2. The molecule has 5 nitrogen and oxygen atoms in total. The normalized spacial score (nSPS) is 10.4. The van der Waals surface area contributed by atoms with Crippen LogP contribution in [0.5, 0.6) is 0 Å². The number of halogens is 1. The highest BCUT2D eigenvalue weighted by molar-refractivity contribution is 7.80. The van der Waals surface area contributed by atoms with E-state index in [0.717, 1.165) is 0 Å². The van der Waals surface area contributed by atoms with E-state index in [1.54, 1.807) is 24.3 Å². The van der Waals surface area contributed by atoms with Crippen molar-refractivity contribution in [2.45, 2.75) is 0 Å². The van der Waals surface area contributed by atoms with Gasteiger partial charge in [-0.05, 0) is 60.7 Å². The van der Waals surface area contributed by atoms with Crippen LogP contribution >= 0.6 is 12.2 Å². The fraction of sp³-hybridized carbons (Fsp3) is 0. The summed E-state index contributed by atoms with van der Waals surface area (Å²) in [6.45, 7) is 0. The van der Waals surface area contributed by atoms with E-state index in [1.807, 2.05) is 0 Å². The smallest absolute Gasteiger partial charge is 0.336 e. The van der Waals surface area contributed by atoms with Crippen LogP contribution < -0.4 is 16.3 Å². The molecule has 0 aliphatic rings. The second-order valence-electron chi connectivity index (χ2n) is 4.92. The summed E-state index contributed by atoms with van der Waals surface area (Å²) in [4.78, 5) is 23.1. The van der Waals surface area contributed by atoms with Crippen LogP contribution in [0.4, 0.5) is 10.1 Å². The highest BCUT2D eigenvalue weighted by Crippen LogP contribution is 2.17. The van der Waals surface area contributed by atoms with Gasteiger partial charge in [0.1, 0.15) is 11.4 Å². The van der Waals surface area contributed by atoms with Crippen LogP contribution in [0.2, 0.25) is 0 Å². The van der Waals surface area contributed by atoms with Crippen LogP contribution in [0.25, 0.3) is 11.0 Å². The Morgan fingerprint density at radius 2 is 1.79 bits per heavy atom. The van der Waals surface area contributed by atoms with Crippen molar-refractivity contribution >= 4 is 39.9 Å². The Hall–Kier alpha value is -3.06. The molecule has 120 valence electrons. The first-order valence-electron chi connectivity index (χ1n) is 6.93. The number of thiocarbonyl (C=S) groups is 1. The Bertz CT molecular complexity index is 983. The van der Waals surface area contributed by atoms with Crippen LogP contribution in [-0.2, 0) is 0 Å². The minimum Gasteiger partial charge on any atom is -0.423 e. The van der Waals surface area contributed by atoms with Crippen LogP contribution in [0.3, 0.4) is 0 Å². The Morgan fingerprint density at radius 3 is 2.54 bits per heavy atom. The zero-order valence-corrected chi connectivity index (χ0v) is 13.0. The summed E-state index contributed by atoms with van der Waals surface area (Å²) in [6.07, 6.45) is 0. The lowest BCUT2D eigenvalue weighted by Gasteiger charge is -2.10. The molecule has 24 heavy (non-hydrogen) atoms. The zero-order valence-electron chi connectivity index (χ0n) is 12.2. The van der Waals surface area contributed by atoms with Gasteiger partial charge in [-0.3, -0.25) is 10.1 Å². The first-order chi connectivity index (χ1) is 11.5. The van der Waals surface area contributed by atoms with Crippen LogP contribution in [-0.4, -0.2) is 11.0 Å². The number of carbonyl (C=O) groups is 1. The lowest BCUT2D eigenvalue weighted by atomic mass is 10.2. The first kappa shape index (κ1) is 15.8. The molecule has 0 saturated heterocycles. The maximum atomic E-state index is 12.9. The van der Waals surface area contributed by atoms with E-state index in [0.29, 0.717) is 22.2 Å². The van der Waals surface area contributed by atoms with Crippen molar-refractivity contribution in [3.63, 3.8) is 0 Å². The van der Waals surface area contributed by atoms with Crippen molar-refractivity contribution in [2.75, 3.05) is 5.32 Å². The number of fused-ring (bicyclic) bond motifs is 1. The molecule has 7 heteroatoms. The van der Waals surface area contributed by atoms with Gasteiger partial charge in [-0.15, -0.1) is 0 Å². The Labute approximate surface area is 141 Å². The maximum absolute atomic E-state index is 12.9. The van der Waals surface area contributed by atoms with E-state index in [1.165, 1.54) is 30.3 Å². The summed E-state index contributed by atoms with van der Waals surface area (Å²) in [5, 5.41) is 6.19. The van der Waals surface area contributed by atoms with E-state index in [-0.39, 0.29) is 5.11 Å². The summed E-state index contributed by atoms with van der Waals surface area (Å²) in [5.41, 5.74) is 0.946. The monoisotopic (exact) mass is 342 g/mol. The Kier molecular flexibility index (Phi) is 4.35. The van der Waals surface area contributed by atoms with Crippen molar-refractivity contribution in [1.82, 2.24) is 5.32 Å². The molecule has 3 rings (SSSR count). The van der Waals surface area contributed by atoms with Gasteiger partial charge in [0, 0.05) is 22.7 Å². The molecule has 0 bridgehead atoms. The summed E-state index contributed by atoms with van der Waals surface area (Å²) < 4.78 is 17.9. The van der Waals surface area contributed by atoms with Gasteiger partial charge in [0.05, 0.1) is 0 Å². The van der Waals surface area contributed by atoms with Crippen LogP contribution in [0.15, 0.2) is 63.8 Å². The molecule has 1 amide bonds. The molecule has 0 fully saturated rings. The Morgan fingerprint density at radius 1 is 1.04 bits per heavy atom. The molecule has 0 unspecified atom stereocenters. The minimum absolute atomic E-state index is 0.0982. The topological polar surface area (TPSA) is 71.3 Å². The minimum atomic E-state index is -0.445. The maximum Gasteiger partial charge on any atom is 0.336 e. The van der Waals surface area contributed by atoms with E-state index in [9.17, 15) is 14.0 Å². The van der Waals surface area contributed by atoms with Crippen molar-refractivity contribution in [3.8, 4) is 0 Å². The predicted octanol–water partition coefficient (Wildman–Crippen LogP) is 3.06. The SMILES string of the molecule is O=C(NC(=S)Nc1ccc2oc(=O)ccc2c1)c1ccc(F)cc1. The van der Waals surface area contributed by atoms with Gasteiger partial charge in [0.15, 0.2) is 5.11 Å². The third-order valence-corrected chi connectivity index (χ3v) is 3.41.